The molecule has 4 rings (SSSR count). The van der Waals surface area contributed by atoms with E-state index in [0.29, 0.717) is 11.2 Å². The quantitative estimate of drug-likeness (QED) is 0.415. The van der Waals surface area contributed by atoms with Crippen molar-refractivity contribution in [1.29, 1.82) is 0 Å². The fourth-order valence-electron chi connectivity index (χ4n) is 2.76. The van der Waals surface area contributed by atoms with Crippen LogP contribution in [0.5, 0.6) is 0 Å². The topological polar surface area (TPSA) is 34.9 Å². The van der Waals surface area contributed by atoms with Crippen molar-refractivity contribution in [3.8, 4) is 5.69 Å². The zero-order chi connectivity index (χ0) is 16.8. The van der Waals surface area contributed by atoms with Crippen LogP contribution >= 0.6 is 27.5 Å². The summed E-state index contributed by atoms with van der Waals surface area (Å²) >= 11 is 9.35. The molecule has 0 unspecified atom stereocenters. The van der Waals surface area contributed by atoms with E-state index in [4.69, 9.17) is 11.6 Å². The molecule has 0 fully saturated rings. The predicted molar refractivity (Wildman–Crippen MR) is 97.5 cm³/mol. The molecule has 0 radical (unpaired) electrons. The molecular formula is C18H9BrClFN2O. The Morgan fingerprint density at radius 2 is 1.92 bits per heavy atom. The van der Waals surface area contributed by atoms with Gasteiger partial charge in [0.1, 0.15) is 5.82 Å². The molecule has 2 aromatic heterocycles. The minimum Gasteiger partial charge on any atom is -0.276 e. The highest BCUT2D eigenvalue weighted by atomic mass is 79.9. The zero-order valence-corrected chi connectivity index (χ0v) is 14.5. The van der Waals surface area contributed by atoms with Crippen LogP contribution in [0.4, 0.5) is 4.39 Å². The molecule has 0 spiro atoms. The summed E-state index contributed by atoms with van der Waals surface area (Å²) in [6.45, 7) is 0. The molecule has 2 heterocycles. The van der Waals surface area contributed by atoms with Gasteiger partial charge < -0.3 is 0 Å². The Kier molecular flexibility index (Phi) is 3.62. The van der Waals surface area contributed by atoms with Crippen molar-refractivity contribution in [1.82, 2.24) is 9.55 Å². The van der Waals surface area contributed by atoms with Crippen LogP contribution < -0.4 is 5.56 Å². The van der Waals surface area contributed by atoms with E-state index >= 15 is 0 Å². The van der Waals surface area contributed by atoms with Gasteiger partial charge in [0, 0.05) is 27.5 Å². The summed E-state index contributed by atoms with van der Waals surface area (Å²) < 4.78 is 15.9. The summed E-state index contributed by atoms with van der Waals surface area (Å²) in [5.41, 5.74) is 1.75. The number of nitrogens with zero attached hydrogens (tertiary/aromatic N) is 2. The molecular weight excluding hydrogens is 395 g/mol. The molecule has 3 nitrogen and oxygen atoms in total. The Bertz CT molecular complexity index is 1170. The van der Waals surface area contributed by atoms with Crippen molar-refractivity contribution >= 4 is 49.3 Å². The maximum absolute atomic E-state index is 13.5. The molecule has 0 atom stereocenters. The minimum absolute atomic E-state index is 0.0315. The zero-order valence-electron chi connectivity index (χ0n) is 12.1. The first-order valence-electron chi connectivity index (χ1n) is 7.10. The smallest absolute Gasteiger partial charge is 0.255 e. The Morgan fingerprint density at radius 3 is 2.71 bits per heavy atom. The minimum atomic E-state index is -0.525. The van der Waals surface area contributed by atoms with E-state index < -0.39 is 5.82 Å². The Balaban J connectivity index is 2.21. The van der Waals surface area contributed by atoms with Crippen molar-refractivity contribution in [2.24, 2.45) is 0 Å². The number of hydrogen-bond donors (Lipinski definition) is 0. The number of pyridine rings is 2. The van der Waals surface area contributed by atoms with Gasteiger partial charge in [0.25, 0.3) is 5.56 Å². The molecule has 0 saturated heterocycles. The van der Waals surface area contributed by atoms with E-state index in [-0.39, 0.29) is 10.6 Å². The average Bonchev–Trinajstić information content (AvgIpc) is 2.57. The number of rotatable bonds is 1. The Hall–Kier alpha value is -2.24. The van der Waals surface area contributed by atoms with Crippen molar-refractivity contribution < 1.29 is 4.39 Å². The van der Waals surface area contributed by atoms with Crippen molar-refractivity contribution in [2.75, 3.05) is 0 Å². The molecule has 24 heavy (non-hydrogen) atoms. The number of benzene rings is 2. The molecule has 4 aromatic rings. The summed E-state index contributed by atoms with van der Waals surface area (Å²) in [5, 5.41) is 1.59. The second-order valence-corrected chi connectivity index (χ2v) is 6.65. The van der Waals surface area contributed by atoms with Gasteiger partial charge in [0.15, 0.2) is 0 Å². The first-order chi connectivity index (χ1) is 11.5. The number of hydrogen-bond acceptors (Lipinski definition) is 2. The molecule has 0 bridgehead atoms. The van der Waals surface area contributed by atoms with Gasteiger partial charge in [-0.1, -0.05) is 27.5 Å². The largest absolute Gasteiger partial charge is 0.276 e. The van der Waals surface area contributed by atoms with Crippen molar-refractivity contribution in [3.05, 3.63) is 80.4 Å². The second kappa shape index (κ2) is 5.69. The van der Waals surface area contributed by atoms with Crippen LogP contribution in [0.25, 0.3) is 27.5 Å². The number of fused-ring (bicyclic) bond motifs is 3. The maximum Gasteiger partial charge on any atom is 0.255 e. The van der Waals surface area contributed by atoms with Gasteiger partial charge >= 0.3 is 0 Å². The highest BCUT2D eigenvalue weighted by Crippen LogP contribution is 2.28. The lowest BCUT2D eigenvalue weighted by atomic mass is 10.1. The Labute approximate surface area is 149 Å². The molecule has 0 N–H and O–H groups in total. The lowest BCUT2D eigenvalue weighted by Gasteiger charge is -2.13. The molecule has 0 amide bonds. The highest BCUT2D eigenvalue weighted by Gasteiger charge is 2.12. The second-order valence-electron chi connectivity index (χ2n) is 5.33. The van der Waals surface area contributed by atoms with E-state index in [1.165, 1.54) is 28.8 Å². The van der Waals surface area contributed by atoms with E-state index in [1.54, 1.807) is 12.3 Å². The third-order valence-corrected chi connectivity index (χ3v) is 4.62. The van der Waals surface area contributed by atoms with E-state index in [1.807, 2.05) is 18.2 Å². The van der Waals surface area contributed by atoms with Gasteiger partial charge in [0.05, 0.1) is 21.7 Å². The molecule has 118 valence electrons. The Morgan fingerprint density at radius 1 is 1.08 bits per heavy atom. The molecule has 2 aromatic carbocycles. The predicted octanol–water partition coefficient (Wildman–Crippen LogP) is 5.09. The molecule has 0 aliphatic heterocycles. The van der Waals surface area contributed by atoms with Crippen molar-refractivity contribution in [2.45, 2.75) is 0 Å². The van der Waals surface area contributed by atoms with Gasteiger partial charge in [-0.3, -0.25) is 14.3 Å². The first kappa shape index (κ1) is 15.3. The molecule has 6 heteroatoms. The fourth-order valence-corrected chi connectivity index (χ4v) is 3.30. The van der Waals surface area contributed by atoms with E-state index in [2.05, 4.69) is 20.9 Å². The van der Waals surface area contributed by atoms with Crippen LogP contribution in [0.15, 0.2) is 64.0 Å². The van der Waals surface area contributed by atoms with Crippen LogP contribution in [-0.4, -0.2) is 9.55 Å². The van der Waals surface area contributed by atoms with Crippen LogP contribution in [0.2, 0.25) is 5.02 Å². The average molecular weight is 404 g/mol. The fraction of sp³-hybridized carbons (Fsp3) is 0. The lowest BCUT2D eigenvalue weighted by molar-refractivity contribution is 0.628. The maximum atomic E-state index is 13.5. The summed E-state index contributed by atoms with van der Waals surface area (Å²) in [7, 11) is 0. The summed E-state index contributed by atoms with van der Waals surface area (Å²) in [6.07, 6.45) is 1.71. The molecule has 0 aliphatic rings. The van der Waals surface area contributed by atoms with Crippen LogP contribution in [0.3, 0.4) is 0 Å². The van der Waals surface area contributed by atoms with Gasteiger partial charge in [0.2, 0.25) is 0 Å². The third kappa shape index (κ3) is 2.41. The number of halogens is 3. The standard InChI is InChI=1S/C18H9BrClFN2O/c19-11-2-5-16-13(7-11)18-10(9-22-16)1-6-17(24)23(18)12-3-4-15(21)14(20)8-12/h1-9H. The highest BCUT2D eigenvalue weighted by molar-refractivity contribution is 9.10. The summed E-state index contributed by atoms with van der Waals surface area (Å²) in [6, 6.07) is 13.1. The van der Waals surface area contributed by atoms with Gasteiger partial charge in [-0.25, -0.2) is 4.39 Å². The van der Waals surface area contributed by atoms with Crippen LogP contribution in [-0.2, 0) is 0 Å². The van der Waals surface area contributed by atoms with Crippen molar-refractivity contribution in [3.63, 3.8) is 0 Å². The third-order valence-electron chi connectivity index (χ3n) is 3.84. The van der Waals surface area contributed by atoms with E-state index in [0.717, 1.165) is 20.8 Å². The summed E-state index contributed by atoms with van der Waals surface area (Å²) in [5.74, 6) is -0.525. The van der Waals surface area contributed by atoms with Gasteiger partial charge in [-0.15, -0.1) is 0 Å². The van der Waals surface area contributed by atoms with Crippen LogP contribution in [0, 0.1) is 5.82 Å². The normalized spacial score (nSPS) is 11.3. The first-order valence-corrected chi connectivity index (χ1v) is 8.27. The number of aromatic nitrogens is 2. The van der Waals surface area contributed by atoms with Gasteiger partial charge in [-0.2, -0.15) is 0 Å². The SMILES string of the molecule is O=c1ccc2cnc3ccc(Br)cc3c2n1-c1ccc(F)c(Cl)c1. The van der Waals surface area contributed by atoms with E-state index in [9.17, 15) is 9.18 Å². The van der Waals surface area contributed by atoms with Crippen LogP contribution in [0.1, 0.15) is 0 Å². The molecule has 0 aliphatic carbocycles. The molecule has 0 saturated carbocycles. The summed E-state index contributed by atoms with van der Waals surface area (Å²) in [4.78, 5) is 17.0. The monoisotopic (exact) mass is 402 g/mol. The van der Waals surface area contributed by atoms with Gasteiger partial charge in [-0.05, 0) is 42.5 Å². The lowest BCUT2D eigenvalue weighted by Crippen LogP contribution is -2.17.